The van der Waals surface area contributed by atoms with Crippen molar-refractivity contribution in [2.75, 3.05) is 33.2 Å². The van der Waals surface area contributed by atoms with Crippen molar-refractivity contribution in [3.05, 3.63) is 17.7 Å². The Morgan fingerprint density at radius 1 is 1.14 bits per heavy atom. The van der Waals surface area contributed by atoms with E-state index in [9.17, 15) is 14.4 Å². The van der Waals surface area contributed by atoms with Crippen molar-refractivity contribution in [3.63, 3.8) is 0 Å². The predicted molar refractivity (Wildman–Crippen MR) is 100.0 cm³/mol. The van der Waals surface area contributed by atoms with E-state index in [2.05, 4.69) is 14.9 Å². The average molecular weight is 385 g/mol. The van der Waals surface area contributed by atoms with Gasteiger partial charge in [0, 0.05) is 57.7 Å². The van der Waals surface area contributed by atoms with Gasteiger partial charge in [-0.1, -0.05) is 0 Å². The average Bonchev–Trinajstić information content (AvgIpc) is 3.34. The maximum atomic E-state index is 13.0. The molecule has 1 saturated carbocycles. The monoisotopic (exact) mass is 385 g/mol. The molecular weight excluding hydrogens is 358 g/mol. The first-order valence-electron chi connectivity index (χ1n) is 10.4. The number of nitrogens with zero attached hydrogens (tertiary/aromatic N) is 4. The lowest BCUT2D eigenvalue weighted by molar-refractivity contribution is -0.147. The van der Waals surface area contributed by atoms with Crippen LogP contribution in [0.3, 0.4) is 0 Å². The molecule has 3 aliphatic heterocycles. The summed E-state index contributed by atoms with van der Waals surface area (Å²) in [6.45, 7) is 2.44. The summed E-state index contributed by atoms with van der Waals surface area (Å²) in [7, 11) is 1.75. The van der Waals surface area contributed by atoms with Gasteiger partial charge in [-0.25, -0.2) is 4.98 Å². The zero-order valence-electron chi connectivity index (χ0n) is 16.3. The highest BCUT2D eigenvalue weighted by atomic mass is 16.2. The number of H-pyrrole nitrogens is 1. The number of hydrogen-bond donors (Lipinski definition) is 1. The van der Waals surface area contributed by atoms with E-state index in [-0.39, 0.29) is 29.6 Å². The molecule has 4 aliphatic rings. The number of nitrogens with one attached hydrogen (secondary N) is 1. The van der Waals surface area contributed by atoms with E-state index in [0.717, 1.165) is 37.2 Å². The molecule has 3 fully saturated rings. The van der Waals surface area contributed by atoms with Crippen molar-refractivity contribution in [1.29, 1.82) is 0 Å². The van der Waals surface area contributed by atoms with Crippen LogP contribution in [0.5, 0.6) is 0 Å². The standard InChI is InChI=1S/C20H27N5O3/c1-23-11-14(10-16(23)26)18(27)24-8-5-20(6-9-24)17-15(21-12-22-17)4-7-25(20)19(28)13-2-3-13/h12-14H,2-11H2,1H3,(H,21,22)/t14-/m1/s1. The van der Waals surface area contributed by atoms with Gasteiger partial charge in [0.05, 0.1) is 23.5 Å². The molecule has 1 aliphatic carbocycles. The summed E-state index contributed by atoms with van der Waals surface area (Å²) in [5, 5.41) is 0. The number of hydrogen-bond acceptors (Lipinski definition) is 4. The molecule has 0 unspecified atom stereocenters. The molecule has 1 aromatic rings. The highest BCUT2D eigenvalue weighted by Gasteiger charge is 2.51. The van der Waals surface area contributed by atoms with Crippen LogP contribution in [0.2, 0.25) is 0 Å². The fraction of sp³-hybridized carbons (Fsp3) is 0.700. The van der Waals surface area contributed by atoms with Gasteiger partial charge in [-0.2, -0.15) is 0 Å². The van der Waals surface area contributed by atoms with E-state index in [1.54, 1.807) is 18.3 Å². The number of rotatable bonds is 2. The predicted octanol–water partition coefficient (Wildman–Crippen LogP) is 0.500. The number of carbonyl (C=O) groups excluding carboxylic acids is 3. The number of likely N-dealkylation sites (tertiary alicyclic amines) is 2. The molecule has 4 heterocycles. The molecule has 2 saturated heterocycles. The molecule has 5 rings (SSSR count). The zero-order valence-corrected chi connectivity index (χ0v) is 16.3. The van der Waals surface area contributed by atoms with Crippen LogP contribution in [-0.4, -0.2) is 75.6 Å². The SMILES string of the molecule is CN1C[C@H](C(=O)N2CCC3(CC2)c2nc[nH]c2CCN3C(=O)C2CC2)CC1=O. The lowest BCUT2D eigenvalue weighted by atomic mass is 9.78. The molecule has 28 heavy (non-hydrogen) atoms. The van der Waals surface area contributed by atoms with E-state index in [1.165, 1.54) is 0 Å². The number of aromatic nitrogens is 2. The molecule has 8 nitrogen and oxygen atoms in total. The Morgan fingerprint density at radius 3 is 2.54 bits per heavy atom. The first-order chi connectivity index (χ1) is 13.5. The second kappa shape index (κ2) is 6.32. The summed E-state index contributed by atoms with van der Waals surface area (Å²) in [5.41, 5.74) is 1.73. The van der Waals surface area contributed by atoms with Crippen LogP contribution >= 0.6 is 0 Å². The molecule has 1 atom stereocenters. The smallest absolute Gasteiger partial charge is 0.227 e. The lowest BCUT2D eigenvalue weighted by Gasteiger charge is -2.50. The van der Waals surface area contributed by atoms with Gasteiger partial charge in [-0.15, -0.1) is 0 Å². The van der Waals surface area contributed by atoms with E-state index < -0.39 is 5.54 Å². The van der Waals surface area contributed by atoms with E-state index in [4.69, 9.17) is 0 Å². The van der Waals surface area contributed by atoms with Gasteiger partial charge in [-0.05, 0) is 25.7 Å². The minimum Gasteiger partial charge on any atom is -0.348 e. The van der Waals surface area contributed by atoms with Gasteiger partial charge < -0.3 is 19.7 Å². The third kappa shape index (κ3) is 2.64. The summed E-state index contributed by atoms with van der Waals surface area (Å²) < 4.78 is 0. The van der Waals surface area contributed by atoms with Crippen molar-refractivity contribution >= 4 is 17.7 Å². The first kappa shape index (κ1) is 17.7. The number of fused-ring (bicyclic) bond motifs is 2. The van der Waals surface area contributed by atoms with Crippen molar-refractivity contribution in [1.82, 2.24) is 24.7 Å². The molecule has 1 spiro atoms. The summed E-state index contributed by atoms with van der Waals surface area (Å²) in [4.78, 5) is 51.2. The minimum absolute atomic E-state index is 0.0430. The molecule has 0 radical (unpaired) electrons. The Kier molecular flexibility index (Phi) is 4.00. The maximum absolute atomic E-state index is 13.0. The molecule has 8 heteroatoms. The topological polar surface area (TPSA) is 89.6 Å². The Balaban J connectivity index is 1.36. The molecule has 150 valence electrons. The quantitative estimate of drug-likeness (QED) is 0.803. The van der Waals surface area contributed by atoms with Crippen LogP contribution in [0, 0.1) is 11.8 Å². The first-order valence-corrected chi connectivity index (χ1v) is 10.4. The van der Waals surface area contributed by atoms with Gasteiger partial charge in [0.2, 0.25) is 17.7 Å². The largest absolute Gasteiger partial charge is 0.348 e. The molecule has 1 N–H and O–H groups in total. The maximum Gasteiger partial charge on any atom is 0.227 e. The number of imidazole rings is 1. The van der Waals surface area contributed by atoms with Crippen molar-refractivity contribution in [2.24, 2.45) is 11.8 Å². The Bertz CT molecular complexity index is 822. The van der Waals surface area contributed by atoms with Crippen molar-refractivity contribution in [3.8, 4) is 0 Å². The lowest BCUT2D eigenvalue weighted by Crippen LogP contribution is -2.59. The molecule has 1 aromatic heterocycles. The van der Waals surface area contributed by atoms with E-state index >= 15 is 0 Å². The normalized spacial score (nSPS) is 26.7. The van der Waals surface area contributed by atoms with Crippen LogP contribution in [0.1, 0.15) is 43.5 Å². The van der Waals surface area contributed by atoms with Crippen LogP contribution in [0.15, 0.2) is 6.33 Å². The fourth-order valence-corrected chi connectivity index (χ4v) is 5.24. The van der Waals surface area contributed by atoms with Gasteiger partial charge in [-0.3, -0.25) is 14.4 Å². The Labute approximate surface area is 164 Å². The number of carbonyl (C=O) groups is 3. The fourth-order valence-electron chi connectivity index (χ4n) is 5.24. The number of piperidine rings is 1. The van der Waals surface area contributed by atoms with Gasteiger partial charge in [0.25, 0.3) is 0 Å². The van der Waals surface area contributed by atoms with Crippen LogP contribution < -0.4 is 0 Å². The minimum atomic E-state index is -0.397. The molecular formula is C20H27N5O3. The van der Waals surface area contributed by atoms with Crippen molar-refractivity contribution in [2.45, 2.75) is 44.1 Å². The molecule has 0 bridgehead atoms. The van der Waals surface area contributed by atoms with Crippen LogP contribution in [0.4, 0.5) is 0 Å². The Morgan fingerprint density at radius 2 is 1.89 bits per heavy atom. The highest BCUT2D eigenvalue weighted by molar-refractivity contribution is 5.89. The molecule has 0 aromatic carbocycles. The van der Waals surface area contributed by atoms with Crippen LogP contribution in [-0.2, 0) is 26.3 Å². The van der Waals surface area contributed by atoms with Crippen molar-refractivity contribution < 1.29 is 14.4 Å². The zero-order chi connectivity index (χ0) is 19.5. The molecule has 3 amide bonds. The van der Waals surface area contributed by atoms with Crippen LogP contribution in [0.25, 0.3) is 0 Å². The second-order valence-corrected chi connectivity index (χ2v) is 8.78. The summed E-state index contributed by atoms with van der Waals surface area (Å²) in [6.07, 6.45) is 6.27. The third-order valence-electron chi connectivity index (χ3n) is 7.05. The van der Waals surface area contributed by atoms with E-state index in [1.807, 2.05) is 4.90 Å². The van der Waals surface area contributed by atoms with Gasteiger partial charge >= 0.3 is 0 Å². The number of amides is 3. The summed E-state index contributed by atoms with van der Waals surface area (Å²) in [6, 6.07) is 0. The Hall–Kier alpha value is -2.38. The third-order valence-corrected chi connectivity index (χ3v) is 7.05. The number of aromatic amines is 1. The van der Waals surface area contributed by atoms with Gasteiger partial charge in [0.15, 0.2) is 0 Å². The van der Waals surface area contributed by atoms with Gasteiger partial charge in [0.1, 0.15) is 0 Å². The van der Waals surface area contributed by atoms with E-state index in [0.29, 0.717) is 38.9 Å². The summed E-state index contributed by atoms with van der Waals surface area (Å²) in [5.74, 6) is 0.323. The highest BCUT2D eigenvalue weighted by Crippen LogP contribution is 2.45. The summed E-state index contributed by atoms with van der Waals surface area (Å²) >= 11 is 0. The second-order valence-electron chi connectivity index (χ2n) is 8.78.